The SMILES string of the molecule is CCN(Cc1ccc(C(=O)Nc2ccc(OC)c(NC(=O)c3cccc(F)c3)c2)cc1)C(C)C. The van der Waals surface area contributed by atoms with Crippen molar-refractivity contribution in [3.8, 4) is 5.75 Å². The molecule has 34 heavy (non-hydrogen) atoms. The van der Waals surface area contributed by atoms with E-state index in [9.17, 15) is 14.0 Å². The Morgan fingerprint density at radius 3 is 2.26 bits per heavy atom. The summed E-state index contributed by atoms with van der Waals surface area (Å²) in [7, 11) is 1.48. The number of nitrogens with zero attached hydrogens (tertiary/aromatic N) is 1. The number of benzene rings is 3. The van der Waals surface area contributed by atoms with E-state index in [1.54, 1.807) is 30.3 Å². The van der Waals surface area contributed by atoms with Crippen LogP contribution in [-0.4, -0.2) is 36.4 Å². The molecule has 3 aromatic carbocycles. The first kappa shape index (κ1) is 24.9. The number of halogens is 1. The van der Waals surface area contributed by atoms with Gasteiger partial charge >= 0.3 is 0 Å². The Balaban J connectivity index is 1.71. The lowest BCUT2D eigenvalue weighted by Gasteiger charge is -2.24. The number of rotatable bonds is 9. The maximum atomic E-state index is 13.5. The summed E-state index contributed by atoms with van der Waals surface area (Å²) < 4.78 is 18.8. The molecule has 6 nitrogen and oxygen atoms in total. The molecule has 0 fully saturated rings. The lowest BCUT2D eigenvalue weighted by atomic mass is 10.1. The second-order valence-corrected chi connectivity index (χ2v) is 8.19. The van der Waals surface area contributed by atoms with Crippen molar-refractivity contribution >= 4 is 23.2 Å². The molecule has 0 saturated carbocycles. The minimum atomic E-state index is -0.502. The van der Waals surface area contributed by atoms with Crippen molar-refractivity contribution in [1.82, 2.24) is 4.90 Å². The van der Waals surface area contributed by atoms with Gasteiger partial charge in [-0.3, -0.25) is 14.5 Å². The quantitative estimate of drug-likeness (QED) is 0.435. The van der Waals surface area contributed by atoms with E-state index in [-0.39, 0.29) is 11.5 Å². The van der Waals surface area contributed by atoms with Gasteiger partial charge in [0.2, 0.25) is 0 Å². The third kappa shape index (κ3) is 6.42. The predicted molar refractivity (Wildman–Crippen MR) is 133 cm³/mol. The van der Waals surface area contributed by atoms with Gasteiger partial charge in [-0.05, 0) is 74.5 Å². The van der Waals surface area contributed by atoms with Gasteiger partial charge in [0.15, 0.2) is 0 Å². The van der Waals surface area contributed by atoms with Crippen LogP contribution in [0.25, 0.3) is 0 Å². The van der Waals surface area contributed by atoms with Crippen molar-refractivity contribution in [2.24, 2.45) is 0 Å². The molecule has 3 rings (SSSR count). The molecule has 0 heterocycles. The molecule has 3 aromatic rings. The van der Waals surface area contributed by atoms with Gasteiger partial charge in [-0.25, -0.2) is 4.39 Å². The fourth-order valence-electron chi connectivity index (χ4n) is 3.57. The summed E-state index contributed by atoms with van der Waals surface area (Å²) in [6.07, 6.45) is 0. The fourth-order valence-corrected chi connectivity index (χ4v) is 3.57. The van der Waals surface area contributed by atoms with E-state index < -0.39 is 11.7 Å². The van der Waals surface area contributed by atoms with Crippen LogP contribution in [0.5, 0.6) is 5.75 Å². The van der Waals surface area contributed by atoms with Crippen LogP contribution in [-0.2, 0) is 6.54 Å². The number of carbonyl (C=O) groups excluding carboxylic acids is 2. The third-order valence-electron chi connectivity index (χ3n) is 5.53. The molecular weight excluding hydrogens is 433 g/mol. The Hall–Kier alpha value is -3.71. The van der Waals surface area contributed by atoms with Crippen molar-refractivity contribution in [3.05, 3.63) is 89.2 Å². The van der Waals surface area contributed by atoms with Crippen molar-refractivity contribution in [2.45, 2.75) is 33.4 Å². The lowest BCUT2D eigenvalue weighted by molar-refractivity contribution is 0.101. The fraction of sp³-hybridized carbons (Fsp3) is 0.259. The number of hydrogen-bond donors (Lipinski definition) is 2. The van der Waals surface area contributed by atoms with E-state index in [4.69, 9.17) is 4.74 Å². The molecule has 0 saturated heterocycles. The second kappa shape index (κ2) is 11.4. The first-order valence-corrected chi connectivity index (χ1v) is 11.2. The Kier molecular flexibility index (Phi) is 8.38. The van der Waals surface area contributed by atoms with Gasteiger partial charge in [-0.2, -0.15) is 0 Å². The smallest absolute Gasteiger partial charge is 0.255 e. The van der Waals surface area contributed by atoms with E-state index >= 15 is 0 Å². The average Bonchev–Trinajstić information content (AvgIpc) is 2.83. The van der Waals surface area contributed by atoms with Crippen molar-refractivity contribution in [2.75, 3.05) is 24.3 Å². The highest BCUT2D eigenvalue weighted by molar-refractivity contribution is 6.07. The Labute approximate surface area is 199 Å². The topological polar surface area (TPSA) is 70.7 Å². The molecule has 0 spiro atoms. The Bertz CT molecular complexity index is 1150. The first-order valence-electron chi connectivity index (χ1n) is 11.2. The van der Waals surface area contributed by atoms with Gasteiger partial charge in [-0.1, -0.05) is 25.1 Å². The van der Waals surface area contributed by atoms with Gasteiger partial charge in [0.05, 0.1) is 12.8 Å². The number of methoxy groups -OCH3 is 1. The van der Waals surface area contributed by atoms with Crippen molar-refractivity contribution in [1.29, 1.82) is 0 Å². The minimum absolute atomic E-state index is 0.177. The lowest BCUT2D eigenvalue weighted by Crippen LogP contribution is -2.29. The highest BCUT2D eigenvalue weighted by Gasteiger charge is 2.14. The van der Waals surface area contributed by atoms with E-state index in [0.717, 1.165) is 24.7 Å². The van der Waals surface area contributed by atoms with Gasteiger partial charge in [0.25, 0.3) is 11.8 Å². The third-order valence-corrected chi connectivity index (χ3v) is 5.53. The summed E-state index contributed by atoms with van der Waals surface area (Å²) in [6.45, 7) is 8.23. The molecule has 0 aliphatic carbocycles. The van der Waals surface area contributed by atoms with Crippen LogP contribution in [0.2, 0.25) is 0 Å². The molecule has 2 amide bonds. The monoisotopic (exact) mass is 463 g/mol. The molecule has 0 aliphatic heterocycles. The van der Waals surface area contributed by atoms with Crippen LogP contribution in [0.3, 0.4) is 0 Å². The zero-order valence-corrected chi connectivity index (χ0v) is 19.9. The molecule has 0 aromatic heterocycles. The first-order chi connectivity index (χ1) is 16.3. The number of carbonyl (C=O) groups is 2. The summed E-state index contributed by atoms with van der Waals surface area (Å²) in [6, 6.07) is 18.3. The summed E-state index contributed by atoms with van der Waals surface area (Å²) in [5.41, 5.74) is 2.69. The van der Waals surface area contributed by atoms with E-state index in [1.165, 1.54) is 25.3 Å². The molecule has 0 atom stereocenters. The highest BCUT2D eigenvalue weighted by Crippen LogP contribution is 2.28. The van der Waals surface area contributed by atoms with Gasteiger partial charge < -0.3 is 15.4 Å². The van der Waals surface area contributed by atoms with Crippen molar-refractivity contribution < 1.29 is 18.7 Å². The van der Waals surface area contributed by atoms with Gasteiger partial charge in [0.1, 0.15) is 11.6 Å². The molecule has 7 heteroatoms. The molecule has 178 valence electrons. The van der Waals surface area contributed by atoms with Crippen LogP contribution >= 0.6 is 0 Å². The summed E-state index contributed by atoms with van der Waals surface area (Å²) >= 11 is 0. The molecular formula is C27H30FN3O3. The second-order valence-electron chi connectivity index (χ2n) is 8.19. The van der Waals surface area contributed by atoms with Crippen LogP contribution in [0.15, 0.2) is 66.7 Å². The maximum Gasteiger partial charge on any atom is 0.255 e. The number of nitrogens with one attached hydrogen (secondary N) is 2. The largest absolute Gasteiger partial charge is 0.495 e. The van der Waals surface area contributed by atoms with Gasteiger partial charge in [0, 0.05) is 29.4 Å². The summed E-state index contributed by atoms with van der Waals surface area (Å²) in [5.74, 6) is -0.842. The molecule has 0 unspecified atom stereocenters. The standard InChI is InChI=1S/C27H30FN3O3/c1-5-31(18(2)3)17-19-9-11-20(12-10-19)26(32)29-23-13-14-25(34-4)24(16-23)30-27(33)21-7-6-8-22(28)15-21/h6-16,18H,5,17H2,1-4H3,(H,29,32)(H,30,33). The number of ether oxygens (including phenoxy) is 1. The van der Waals surface area contributed by atoms with Gasteiger partial charge in [-0.15, -0.1) is 0 Å². The van der Waals surface area contributed by atoms with Crippen LogP contribution in [0, 0.1) is 5.82 Å². The summed E-state index contributed by atoms with van der Waals surface area (Å²) in [4.78, 5) is 27.7. The Morgan fingerprint density at radius 2 is 1.65 bits per heavy atom. The molecule has 0 bridgehead atoms. The molecule has 0 aliphatic rings. The van der Waals surface area contributed by atoms with Crippen molar-refractivity contribution in [3.63, 3.8) is 0 Å². The predicted octanol–water partition coefficient (Wildman–Crippen LogP) is 5.57. The van der Waals surface area contributed by atoms with Crippen LogP contribution in [0.4, 0.5) is 15.8 Å². The van der Waals surface area contributed by atoms with Crippen LogP contribution in [0.1, 0.15) is 47.1 Å². The number of amides is 2. The van der Waals surface area contributed by atoms with E-state index in [2.05, 4.69) is 36.3 Å². The number of anilines is 2. The zero-order chi connectivity index (χ0) is 24.7. The van der Waals surface area contributed by atoms with E-state index in [1.807, 2.05) is 12.1 Å². The summed E-state index contributed by atoms with van der Waals surface area (Å²) in [5, 5.41) is 5.56. The van der Waals surface area contributed by atoms with E-state index in [0.29, 0.717) is 28.7 Å². The molecule has 0 radical (unpaired) electrons. The highest BCUT2D eigenvalue weighted by atomic mass is 19.1. The zero-order valence-electron chi connectivity index (χ0n) is 19.9. The Morgan fingerprint density at radius 1 is 0.941 bits per heavy atom. The normalized spacial score (nSPS) is 10.9. The minimum Gasteiger partial charge on any atom is -0.495 e. The number of hydrogen-bond acceptors (Lipinski definition) is 4. The molecule has 2 N–H and O–H groups in total. The average molecular weight is 464 g/mol. The maximum absolute atomic E-state index is 13.5. The van der Waals surface area contributed by atoms with Crippen LogP contribution < -0.4 is 15.4 Å².